The first-order chi connectivity index (χ1) is 18.2. The molecule has 2 aliphatic rings. The molecule has 1 aliphatic heterocycles. The van der Waals surface area contributed by atoms with Crippen LogP contribution in [0.15, 0.2) is 24.5 Å². The van der Waals surface area contributed by atoms with Gasteiger partial charge in [-0.05, 0) is 76.1 Å². The molecule has 3 aromatic rings. The standard InChI is InChI=1S/C28H36N4O4S2/c1-28(2,3)36-26(34)23-19-8-4-5-9-21(19)37-24(23)30-27(35)29-16-20-18-10-13-31(14-15-33)17-22(18)38-25(20)32-11-6-7-12-32/h6-7,11-12,33H,4-5,8-10,13-17H2,1-3H3,(H2,29,30,35). The van der Waals surface area contributed by atoms with Crippen LogP contribution in [0.5, 0.6) is 0 Å². The van der Waals surface area contributed by atoms with Crippen molar-refractivity contribution in [1.82, 2.24) is 14.8 Å². The average molecular weight is 557 g/mol. The van der Waals surface area contributed by atoms with Crippen LogP contribution in [0, 0.1) is 0 Å². The van der Waals surface area contributed by atoms with E-state index in [1.165, 1.54) is 26.7 Å². The van der Waals surface area contributed by atoms with Crippen molar-refractivity contribution in [2.75, 3.05) is 25.0 Å². The van der Waals surface area contributed by atoms with Gasteiger partial charge in [-0.25, -0.2) is 9.59 Å². The van der Waals surface area contributed by atoms with Crippen molar-refractivity contribution in [2.45, 2.75) is 71.6 Å². The summed E-state index contributed by atoms with van der Waals surface area (Å²) >= 11 is 3.24. The number of nitrogens with zero attached hydrogens (tertiary/aromatic N) is 2. The number of anilines is 1. The minimum Gasteiger partial charge on any atom is -0.456 e. The predicted molar refractivity (Wildman–Crippen MR) is 152 cm³/mol. The molecule has 10 heteroatoms. The van der Waals surface area contributed by atoms with E-state index in [9.17, 15) is 14.7 Å². The number of hydrogen-bond donors (Lipinski definition) is 3. The van der Waals surface area contributed by atoms with Crippen LogP contribution in [0.2, 0.25) is 0 Å². The van der Waals surface area contributed by atoms with Crippen LogP contribution < -0.4 is 10.6 Å². The molecule has 0 saturated carbocycles. The lowest BCUT2D eigenvalue weighted by atomic mass is 9.95. The Morgan fingerprint density at radius 2 is 1.82 bits per heavy atom. The molecular formula is C28H36N4O4S2. The third-order valence-corrected chi connectivity index (χ3v) is 9.39. The number of fused-ring (bicyclic) bond motifs is 2. The number of urea groups is 1. The second-order valence-corrected chi connectivity index (χ2v) is 13.0. The van der Waals surface area contributed by atoms with Gasteiger partial charge in [-0.2, -0.15) is 0 Å². The van der Waals surface area contributed by atoms with E-state index in [1.54, 1.807) is 11.3 Å². The Balaban J connectivity index is 1.35. The Hall–Kier alpha value is -2.66. The normalized spacial score (nSPS) is 15.6. The quantitative estimate of drug-likeness (QED) is 0.352. The Labute approximate surface area is 231 Å². The summed E-state index contributed by atoms with van der Waals surface area (Å²) in [5, 5.41) is 17.1. The van der Waals surface area contributed by atoms with Gasteiger partial charge in [-0.1, -0.05) is 0 Å². The number of aliphatic hydroxyl groups is 1. The molecular weight excluding hydrogens is 520 g/mol. The summed E-state index contributed by atoms with van der Waals surface area (Å²) in [6.07, 6.45) is 8.81. The van der Waals surface area contributed by atoms with Crippen LogP contribution in [0.25, 0.3) is 5.00 Å². The Bertz CT molecular complexity index is 1300. The summed E-state index contributed by atoms with van der Waals surface area (Å²) in [4.78, 5) is 31.0. The number of esters is 1. The fourth-order valence-electron chi connectivity index (χ4n) is 5.22. The van der Waals surface area contributed by atoms with Gasteiger partial charge in [0.2, 0.25) is 0 Å². The molecule has 0 bridgehead atoms. The Kier molecular flexibility index (Phi) is 7.95. The van der Waals surface area contributed by atoms with Crippen molar-refractivity contribution in [2.24, 2.45) is 0 Å². The number of hydrogen-bond acceptors (Lipinski definition) is 7. The lowest BCUT2D eigenvalue weighted by Crippen LogP contribution is -2.33. The van der Waals surface area contributed by atoms with Gasteiger partial charge in [0.25, 0.3) is 0 Å². The number of aromatic nitrogens is 1. The maximum atomic E-state index is 13.2. The van der Waals surface area contributed by atoms with Crippen molar-refractivity contribution in [3.05, 3.63) is 56.5 Å². The van der Waals surface area contributed by atoms with Gasteiger partial charge in [0.15, 0.2) is 0 Å². The number of aliphatic hydroxyl groups excluding tert-OH is 1. The van der Waals surface area contributed by atoms with Gasteiger partial charge < -0.3 is 19.7 Å². The Morgan fingerprint density at radius 3 is 2.55 bits per heavy atom. The molecule has 0 radical (unpaired) electrons. The predicted octanol–water partition coefficient (Wildman–Crippen LogP) is 5.11. The van der Waals surface area contributed by atoms with Crippen molar-refractivity contribution < 1.29 is 19.4 Å². The van der Waals surface area contributed by atoms with E-state index in [2.05, 4.69) is 20.1 Å². The molecule has 0 atom stereocenters. The van der Waals surface area contributed by atoms with Gasteiger partial charge in [0.1, 0.15) is 15.6 Å². The fraction of sp³-hybridized carbons (Fsp3) is 0.500. The van der Waals surface area contributed by atoms with Gasteiger partial charge in [0.05, 0.1) is 12.2 Å². The number of aryl methyl sites for hydroxylation is 1. The molecule has 38 heavy (non-hydrogen) atoms. The lowest BCUT2D eigenvalue weighted by Gasteiger charge is -2.26. The van der Waals surface area contributed by atoms with E-state index < -0.39 is 5.60 Å². The van der Waals surface area contributed by atoms with Crippen LogP contribution in [0.3, 0.4) is 0 Å². The van der Waals surface area contributed by atoms with Gasteiger partial charge >= 0.3 is 12.0 Å². The Morgan fingerprint density at radius 1 is 1.05 bits per heavy atom. The highest BCUT2D eigenvalue weighted by Gasteiger charge is 2.30. The van der Waals surface area contributed by atoms with Gasteiger partial charge in [0, 0.05) is 53.9 Å². The summed E-state index contributed by atoms with van der Waals surface area (Å²) in [6.45, 7) is 8.46. The van der Waals surface area contributed by atoms with Crippen LogP contribution in [-0.2, 0) is 37.1 Å². The smallest absolute Gasteiger partial charge is 0.341 e. The van der Waals surface area contributed by atoms with Crippen molar-refractivity contribution in [1.29, 1.82) is 0 Å². The number of thiophene rings is 2. The zero-order valence-electron chi connectivity index (χ0n) is 22.3. The monoisotopic (exact) mass is 556 g/mol. The highest BCUT2D eigenvalue weighted by atomic mass is 32.1. The zero-order chi connectivity index (χ0) is 26.9. The van der Waals surface area contributed by atoms with E-state index in [1.807, 2.05) is 45.3 Å². The average Bonchev–Trinajstić information content (AvgIpc) is 3.58. The minimum absolute atomic E-state index is 0.150. The molecule has 3 N–H and O–H groups in total. The molecule has 3 aromatic heterocycles. The fourth-order valence-corrected chi connectivity index (χ4v) is 7.86. The summed E-state index contributed by atoms with van der Waals surface area (Å²) in [6, 6.07) is 3.67. The summed E-state index contributed by atoms with van der Waals surface area (Å²) in [5.74, 6) is -0.374. The van der Waals surface area contributed by atoms with Gasteiger partial charge in [-0.15, -0.1) is 22.7 Å². The van der Waals surface area contributed by atoms with Crippen LogP contribution in [0.4, 0.5) is 9.80 Å². The first-order valence-electron chi connectivity index (χ1n) is 13.3. The number of carbonyl (C=O) groups is 2. The van der Waals surface area contributed by atoms with Crippen molar-refractivity contribution in [3.8, 4) is 5.00 Å². The largest absolute Gasteiger partial charge is 0.456 e. The van der Waals surface area contributed by atoms with E-state index >= 15 is 0 Å². The van der Waals surface area contributed by atoms with E-state index in [-0.39, 0.29) is 18.6 Å². The highest BCUT2D eigenvalue weighted by Crippen LogP contribution is 2.39. The SMILES string of the molecule is CC(C)(C)OC(=O)c1c(NC(=O)NCc2c(-n3cccc3)sc3c2CCN(CCO)C3)sc2c1CCCC2. The first kappa shape index (κ1) is 26.9. The second kappa shape index (κ2) is 11.2. The molecule has 5 rings (SSSR count). The maximum Gasteiger partial charge on any atom is 0.341 e. The molecule has 4 heterocycles. The number of rotatable bonds is 7. The molecule has 2 amide bonds. The zero-order valence-corrected chi connectivity index (χ0v) is 23.9. The number of amides is 2. The van der Waals surface area contributed by atoms with Crippen LogP contribution in [0.1, 0.15) is 70.4 Å². The third kappa shape index (κ3) is 5.83. The van der Waals surface area contributed by atoms with Crippen molar-refractivity contribution in [3.63, 3.8) is 0 Å². The highest BCUT2D eigenvalue weighted by molar-refractivity contribution is 7.17. The molecule has 1 aliphatic carbocycles. The van der Waals surface area contributed by atoms with Gasteiger partial charge in [-0.3, -0.25) is 10.2 Å². The number of nitrogens with one attached hydrogen (secondary N) is 2. The number of ether oxygens (including phenoxy) is 1. The molecule has 0 spiro atoms. The number of carbonyl (C=O) groups excluding carboxylic acids is 2. The summed E-state index contributed by atoms with van der Waals surface area (Å²) in [5.41, 5.74) is 3.34. The van der Waals surface area contributed by atoms with E-state index in [4.69, 9.17) is 4.74 Å². The molecule has 0 fully saturated rings. The minimum atomic E-state index is -0.611. The first-order valence-corrected chi connectivity index (χ1v) is 14.9. The van der Waals surface area contributed by atoms with E-state index in [0.717, 1.165) is 61.3 Å². The van der Waals surface area contributed by atoms with Crippen LogP contribution in [-0.4, -0.2) is 51.9 Å². The molecule has 8 nitrogen and oxygen atoms in total. The third-order valence-electron chi connectivity index (χ3n) is 6.91. The summed E-state index contributed by atoms with van der Waals surface area (Å²) in [7, 11) is 0. The molecule has 0 unspecified atom stereocenters. The molecule has 0 saturated heterocycles. The molecule has 0 aromatic carbocycles. The van der Waals surface area contributed by atoms with E-state index in [0.29, 0.717) is 23.7 Å². The lowest BCUT2D eigenvalue weighted by molar-refractivity contribution is 0.00699. The van der Waals surface area contributed by atoms with Crippen molar-refractivity contribution >= 4 is 39.7 Å². The number of β-amino-alcohol motifs (C(OH)–C–C–N with tert-alkyl or cyclic N) is 1. The molecule has 204 valence electrons. The second-order valence-electron chi connectivity index (χ2n) is 10.9. The van der Waals surface area contributed by atoms with Crippen LogP contribution >= 0.6 is 22.7 Å². The topological polar surface area (TPSA) is 95.8 Å². The summed E-state index contributed by atoms with van der Waals surface area (Å²) < 4.78 is 7.81. The maximum absolute atomic E-state index is 13.2.